The predicted octanol–water partition coefficient (Wildman–Crippen LogP) is 7.91. The lowest BCUT2D eigenvalue weighted by molar-refractivity contribution is -0.121. The van der Waals surface area contributed by atoms with E-state index in [9.17, 15) is 24.0 Å². The molecule has 0 aliphatic rings. The van der Waals surface area contributed by atoms with Crippen molar-refractivity contribution in [1.29, 1.82) is 10.8 Å². The summed E-state index contributed by atoms with van der Waals surface area (Å²) in [6.07, 6.45) is 1.30. The van der Waals surface area contributed by atoms with Gasteiger partial charge in [0.25, 0.3) is 0 Å². The van der Waals surface area contributed by atoms with Gasteiger partial charge in [-0.25, -0.2) is 24.4 Å². The van der Waals surface area contributed by atoms with Crippen LogP contribution in [0.4, 0.5) is 14.4 Å². The molecule has 0 atom stereocenters. The summed E-state index contributed by atoms with van der Waals surface area (Å²) in [6, 6.07) is 21.8. The molecule has 4 heterocycles. The Labute approximate surface area is 422 Å². The average Bonchev–Trinajstić information content (AvgIpc) is 3.85. The number of nitrogens with two attached hydrogens (primary N) is 1. The van der Waals surface area contributed by atoms with E-state index in [-0.39, 0.29) is 19.6 Å². The number of nitrogens with zero attached hydrogens (tertiary/aromatic N) is 4. The fraction of sp³-hybridized carbons (Fsp3) is 0.353. The first-order chi connectivity index (χ1) is 34.1. The van der Waals surface area contributed by atoms with Gasteiger partial charge >= 0.3 is 18.3 Å². The van der Waals surface area contributed by atoms with Gasteiger partial charge in [0.15, 0.2) is 0 Å². The monoisotopic (exact) mass is 1000 g/mol. The van der Waals surface area contributed by atoms with E-state index in [0.29, 0.717) is 35.5 Å². The summed E-state index contributed by atoms with van der Waals surface area (Å²) in [6.45, 7) is 19.7. The van der Waals surface area contributed by atoms with Crippen LogP contribution in [-0.4, -0.2) is 77.9 Å². The highest BCUT2D eigenvalue weighted by molar-refractivity contribution is 6.03. The zero-order valence-corrected chi connectivity index (χ0v) is 42.9. The van der Waals surface area contributed by atoms with Crippen LogP contribution in [0.5, 0.6) is 23.3 Å². The van der Waals surface area contributed by atoms with Crippen LogP contribution in [0, 0.1) is 24.7 Å². The summed E-state index contributed by atoms with van der Waals surface area (Å²) < 4.78 is 30.9. The third kappa shape index (κ3) is 18.0. The molecule has 6 rings (SSSR count). The number of pyridine rings is 2. The molecule has 0 saturated heterocycles. The Bertz CT molecular complexity index is 3010. The minimum absolute atomic E-state index is 0.0641. The Hall–Kier alpha value is -8.53. The van der Waals surface area contributed by atoms with Crippen molar-refractivity contribution < 1.29 is 47.7 Å². The second-order valence-corrected chi connectivity index (χ2v) is 19.5. The number of alkyl carbamates (subject to hydrolysis) is 3. The van der Waals surface area contributed by atoms with Crippen LogP contribution in [0.3, 0.4) is 0 Å². The number of rotatable bonds is 11. The second kappa shape index (κ2) is 23.6. The van der Waals surface area contributed by atoms with Gasteiger partial charge in [0.05, 0.1) is 11.0 Å². The van der Waals surface area contributed by atoms with Crippen LogP contribution >= 0.6 is 0 Å². The molecule has 22 heteroatoms. The average molecular weight is 1010 g/mol. The molecule has 0 bridgehead atoms. The summed E-state index contributed by atoms with van der Waals surface area (Å²) in [7, 11) is 0. The first kappa shape index (κ1) is 55.4. The maximum Gasteiger partial charge on any atom is 0.414 e. The minimum Gasteiger partial charge on any atom is -0.444 e. The SMILES string of the molecule is Cc1cc(CN)cc(Oc2cccc3c2ccn3CC(=O)NC(=N)NC(=O)OC(C)(C)C)n1.Cc1cc(CNC(=O)OC(C)(C)C)cc(Oc2cccc3c2ccn3CC(=O)NC(=N)NC(=O)OC(C)(C)C)n1. The van der Waals surface area contributed by atoms with Crippen molar-refractivity contribution in [2.75, 3.05) is 0 Å². The van der Waals surface area contributed by atoms with Crippen molar-refractivity contribution in [3.63, 3.8) is 0 Å². The first-order valence-corrected chi connectivity index (χ1v) is 23.0. The molecular formula is C51H64N12O10. The van der Waals surface area contributed by atoms with E-state index in [1.807, 2.05) is 62.4 Å². The van der Waals surface area contributed by atoms with Crippen LogP contribution in [0.1, 0.15) is 84.8 Å². The largest absolute Gasteiger partial charge is 0.444 e. The van der Waals surface area contributed by atoms with Gasteiger partial charge in [-0.1, -0.05) is 12.1 Å². The molecule has 0 fully saturated rings. The van der Waals surface area contributed by atoms with Crippen molar-refractivity contribution in [1.82, 2.24) is 45.7 Å². The lowest BCUT2D eigenvalue weighted by Gasteiger charge is -2.19. The van der Waals surface area contributed by atoms with Gasteiger partial charge in [-0.2, -0.15) is 0 Å². The van der Waals surface area contributed by atoms with E-state index in [2.05, 4.69) is 36.6 Å². The number of benzene rings is 2. The van der Waals surface area contributed by atoms with Crippen LogP contribution in [0.2, 0.25) is 0 Å². The number of ether oxygens (including phenoxy) is 5. The predicted molar refractivity (Wildman–Crippen MR) is 273 cm³/mol. The Morgan fingerprint density at radius 3 is 1.37 bits per heavy atom. The third-order valence-corrected chi connectivity index (χ3v) is 9.44. The van der Waals surface area contributed by atoms with Crippen molar-refractivity contribution >= 4 is 63.8 Å². The molecule has 6 aromatic rings. The maximum absolute atomic E-state index is 12.5. The highest BCUT2D eigenvalue weighted by atomic mass is 16.6. The summed E-state index contributed by atoms with van der Waals surface area (Å²) in [5.74, 6) is -0.0265. The van der Waals surface area contributed by atoms with Gasteiger partial charge in [0.2, 0.25) is 35.5 Å². The lowest BCUT2D eigenvalue weighted by atomic mass is 10.2. The zero-order chi connectivity index (χ0) is 53.8. The molecule has 0 saturated carbocycles. The van der Waals surface area contributed by atoms with Gasteiger partial charge in [0.1, 0.15) is 41.4 Å². The van der Waals surface area contributed by atoms with Gasteiger partial charge < -0.3 is 43.9 Å². The molecule has 4 aromatic heterocycles. The number of guanidine groups is 2. The second-order valence-electron chi connectivity index (χ2n) is 19.5. The molecule has 9 N–H and O–H groups in total. The number of amides is 5. The quantitative estimate of drug-likeness (QED) is 0.0348. The van der Waals surface area contributed by atoms with Gasteiger partial charge in [-0.15, -0.1) is 0 Å². The van der Waals surface area contributed by atoms with Crippen LogP contribution in [-0.2, 0) is 50.0 Å². The molecule has 388 valence electrons. The summed E-state index contributed by atoms with van der Waals surface area (Å²) in [5, 5.41) is 28.9. The standard InChI is InChI=1S/C28H36N6O6.C23H28N6O4/c1-17-13-18(15-30-25(36)39-27(2,3)4)14-23(31-17)38-21-10-8-9-20-19(21)11-12-34(20)16-22(35)32-24(29)33-26(37)40-28(5,6)7;1-14-10-15(12-24)11-20(26-14)32-18-7-5-6-17-16(18)8-9-29(17)13-19(30)27-21(25)28-22(31)33-23(2,3)4/h8-14H,15-16H2,1-7H3,(H,30,36)(H3,29,32,33,35,37);5-11H,12-13,24H2,1-4H3,(H3,25,27,28,30,31). The maximum atomic E-state index is 12.5. The lowest BCUT2D eigenvalue weighted by Crippen LogP contribution is -2.45. The van der Waals surface area contributed by atoms with Crippen LogP contribution in [0.25, 0.3) is 21.8 Å². The number of fused-ring (bicyclic) bond motifs is 2. The van der Waals surface area contributed by atoms with E-state index < -0.39 is 58.8 Å². The summed E-state index contributed by atoms with van der Waals surface area (Å²) in [4.78, 5) is 69.3. The van der Waals surface area contributed by atoms with Gasteiger partial charge in [-0.05, 0) is 136 Å². The normalized spacial score (nSPS) is 11.3. The third-order valence-electron chi connectivity index (χ3n) is 9.44. The molecule has 73 heavy (non-hydrogen) atoms. The Balaban J connectivity index is 0.000000276. The molecule has 0 aliphatic carbocycles. The Morgan fingerprint density at radius 2 is 0.959 bits per heavy atom. The number of aromatic nitrogens is 4. The number of hydrogen-bond donors (Lipinski definition) is 8. The number of hydrogen-bond acceptors (Lipinski definition) is 15. The van der Waals surface area contributed by atoms with E-state index >= 15 is 0 Å². The van der Waals surface area contributed by atoms with Crippen molar-refractivity contribution in [2.24, 2.45) is 5.73 Å². The fourth-order valence-corrected chi connectivity index (χ4v) is 6.84. The Morgan fingerprint density at radius 1 is 0.562 bits per heavy atom. The van der Waals surface area contributed by atoms with E-state index in [4.69, 9.17) is 40.2 Å². The number of nitrogens with one attached hydrogen (secondary N) is 7. The van der Waals surface area contributed by atoms with Crippen LogP contribution < -0.4 is 41.8 Å². The van der Waals surface area contributed by atoms with Crippen molar-refractivity contribution in [2.45, 2.75) is 119 Å². The molecule has 2 aromatic carbocycles. The van der Waals surface area contributed by atoms with Crippen molar-refractivity contribution in [3.05, 3.63) is 108 Å². The van der Waals surface area contributed by atoms with Crippen molar-refractivity contribution in [3.8, 4) is 23.3 Å². The van der Waals surface area contributed by atoms with Gasteiger partial charge in [0, 0.05) is 59.8 Å². The van der Waals surface area contributed by atoms with E-state index in [1.165, 1.54) is 0 Å². The minimum atomic E-state index is -0.834. The van der Waals surface area contributed by atoms with Gasteiger partial charge in [-0.3, -0.25) is 41.7 Å². The first-order valence-electron chi connectivity index (χ1n) is 23.0. The number of aryl methyl sites for hydroxylation is 2. The number of carbonyl (C=O) groups excluding carboxylic acids is 5. The highest BCUT2D eigenvalue weighted by Crippen LogP contribution is 2.32. The zero-order valence-electron chi connectivity index (χ0n) is 42.9. The smallest absolute Gasteiger partial charge is 0.414 e. The van der Waals surface area contributed by atoms with Crippen LogP contribution in [0.15, 0.2) is 85.2 Å². The van der Waals surface area contributed by atoms with E-state index in [0.717, 1.165) is 38.6 Å². The molecule has 0 unspecified atom stereocenters. The molecule has 22 nitrogen and oxygen atoms in total. The summed E-state index contributed by atoms with van der Waals surface area (Å²) >= 11 is 0. The molecule has 0 aliphatic heterocycles. The summed E-state index contributed by atoms with van der Waals surface area (Å²) in [5.41, 5.74) is 8.41. The highest BCUT2D eigenvalue weighted by Gasteiger charge is 2.21. The molecule has 0 radical (unpaired) electrons. The molecule has 5 amide bonds. The topological polar surface area (TPSA) is 301 Å². The Kier molecular flexibility index (Phi) is 17.9. The van der Waals surface area contributed by atoms with E-state index in [1.54, 1.807) is 108 Å². The molecule has 0 spiro atoms. The number of carbonyl (C=O) groups is 5. The molecular weight excluding hydrogens is 941 g/mol. The fourth-order valence-electron chi connectivity index (χ4n) is 6.84.